The SMILES string of the molecule is OC(CN1CCN(c2ccc(Cl)cc2)CC1)Cn1cnc2ccccc21. The van der Waals surface area contributed by atoms with Crippen LogP contribution in [-0.2, 0) is 6.54 Å². The highest BCUT2D eigenvalue weighted by molar-refractivity contribution is 6.30. The molecule has 1 unspecified atom stereocenters. The second-order valence-corrected chi connectivity index (χ2v) is 7.24. The number of aliphatic hydroxyl groups is 1. The third kappa shape index (κ3) is 3.85. The van der Waals surface area contributed by atoms with Crippen molar-refractivity contribution in [3.63, 3.8) is 0 Å². The number of aromatic nitrogens is 2. The van der Waals surface area contributed by atoms with Gasteiger partial charge in [-0.1, -0.05) is 23.7 Å². The molecule has 2 heterocycles. The van der Waals surface area contributed by atoms with Crippen LogP contribution in [0.3, 0.4) is 0 Å². The van der Waals surface area contributed by atoms with Gasteiger partial charge in [0.1, 0.15) is 0 Å². The Bertz CT molecular complexity index is 856. The Labute approximate surface area is 158 Å². The summed E-state index contributed by atoms with van der Waals surface area (Å²) in [5, 5.41) is 11.3. The van der Waals surface area contributed by atoms with Gasteiger partial charge in [0.25, 0.3) is 0 Å². The number of aliphatic hydroxyl groups excluding tert-OH is 1. The molecule has 0 radical (unpaired) electrons. The van der Waals surface area contributed by atoms with Crippen LogP contribution in [0.25, 0.3) is 11.0 Å². The Kier molecular flexibility index (Phi) is 5.11. The van der Waals surface area contributed by atoms with Crippen LogP contribution in [0.2, 0.25) is 5.02 Å². The molecule has 0 bridgehead atoms. The molecule has 0 spiro atoms. The summed E-state index contributed by atoms with van der Waals surface area (Å²) in [5.41, 5.74) is 3.25. The van der Waals surface area contributed by atoms with Crippen molar-refractivity contribution in [1.82, 2.24) is 14.5 Å². The van der Waals surface area contributed by atoms with Gasteiger partial charge in [0.15, 0.2) is 0 Å². The van der Waals surface area contributed by atoms with E-state index in [1.54, 1.807) is 0 Å². The molecule has 1 atom stereocenters. The van der Waals surface area contributed by atoms with Crippen molar-refractivity contribution in [1.29, 1.82) is 0 Å². The monoisotopic (exact) mass is 370 g/mol. The van der Waals surface area contributed by atoms with E-state index in [0.29, 0.717) is 13.1 Å². The number of benzene rings is 2. The van der Waals surface area contributed by atoms with Crippen molar-refractivity contribution in [3.8, 4) is 0 Å². The second kappa shape index (κ2) is 7.66. The van der Waals surface area contributed by atoms with Crippen LogP contribution in [-0.4, -0.2) is 58.4 Å². The Hall–Kier alpha value is -2.08. The first kappa shape index (κ1) is 17.3. The van der Waals surface area contributed by atoms with Crippen molar-refractivity contribution >= 4 is 28.3 Å². The number of nitrogens with zero attached hydrogens (tertiary/aromatic N) is 4. The second-order valence-electron chi connectivity index (χ2n) is 6.80. The molecular weight excluding hydrogens is 348 g/mol. The molecule has 5 nitrogen and oxygen atoms in total. The van der Waals surface area contributed by atoms with E-state index in [1.165, 1.54) is 5.69 Å². The molecule has 1 saturated heterocycles. The van der Waals surface area contributed by atoms with Gasteiger partial charge in [-0.25, -0.2) is 4.98 Å². The standard InChI is InChI=1S/C20H23ClN4O/c21-16-5-7-17(8-6-16)24-11-9-23(10-12-24)13-18(26)14-25-15-22-19-3-1-2-4-20(19)25/h1-8,15,18,26H,9-14H2. The molecule has 1 aromatic heterocycles. The minimum absolute atomic E-state index is 0.408. The van der Waals surface area contributed by atoms with Crippen molar-refractivity contribution in [2.24, 2.45) is 0 Å². The number of hydrogen-bond acceptors (Lipinski definition) is 4. The molecule has 1 N–H and O–H groups in total. The average Bonchev–Trinajstić information content (AvgIpc) is 3.06. The summed E-state index contributed by atoms with van der Waals surface area (Å²) in [7, 11) is 0. The van der Waals surface area contributed by atoms with Gasteiger partial charge < -0.3 is 14.6 Å². The fraction of sp³-hybridized carbons (Fsp3) is 0.350. The van der Waals surface area contributed by atoms with Gasteiger partial charge in [0, 0.05) is 43.4 Å². The Morgan fingerprint density at radius 2 is 1.69 bits per heavy atom. The third-order valence-corrected chi connectivity index (χ3v) is 5.22. The van der Waals surface area contributed by atoms with Gasteiger partial charge in [-0.15, -0.1) is 0 Å². The first-order chi connectivity index (χ1) is 12.7. The lowest BCUT2D eigenvalue weighted by Crippen LogP contribution is -2.49. The van der Waals surface area contributed by atoms with Gasteiger partial charge in [-0.05, 0) is 36.4 Å². The molecule has 0 saturated carbocycles. The topological polar surface area (TPSA) is 44.5 Å². The zero-order chi connectivity index (χ0) is 17.9. The van der Waals surface area contributed by atoms with E-state index in [0.717, 1.165) is 42.2 Å². The lowest BCUT2D eigenvalue weighted by atomic mass is 10.2. The first-order valence-electron chi connectivity index (χ1n) is 9.00. The van der Waals surface area contributed by atoms with Crippen molar-refractivity contribution in [2.75, 3.05) is 37.6 Å². The molecule has 26 heavy (non-hydrogen) atoms. The third-order valence-electron chi connectivity index (χ3n) is 4.97. The molecule has 3 aromatic rings. The number of para-hydroxylation sites is 2. The highest BCUT2D eigenvalue weighted by Gasteiger charge is 2.20. The van der Waals surface area contributed by atoms with E-state index in [9.17, 15) is 5.11 Å². The van der Waals surface area contributed by atoms with Crippen LogP contribution in [0.1, 0.15) is 0 Å². The Morgan fingerprint density at radius 3 is 2.46 bits per heavy atom. The molecular formula is C20H23ClN4O. The summed E-state index contributed by atoms with van der Waals surface area (Å²) in [6.45, 7) is 5.07. The Morgan fingerprint density at radius 1 is 0.962 bits per heavy atom. The van der Waals surface area contributed by atoms with E-state index >= 15 is 0 Å². The molecule has 2 aromatic carbocycles. The molecule has 1 aliphatic heterocycles. The van der Waals surface area contributed by atoms with Crippen LogP contribution in [0, 0.1) is 0 Å². The molecule has 136 valence electrons. The normalized spacial score (nSPS) is 16.9. The maximum atomic E-state index is 10.5. The highest BCUT2D eigenvalue weighted by atomic mass is 35.5. The minimum Gasteiger partial charge on any atom is -0.390 e. The highest BCUT2D eigenvalue weighted by Crippen LogP contribution is 2.19. The zero-order valence-corrected chi connectivity index (χ0v) is 15.4. The van der Waals surface area contributed by atoms with Crippen LogP contribution in [0.5, 0.6) is 0 Å². The minimum atomic E-state index is -0.408. The van der Waals surface area contributed by atoms with E-state index in [2.05, 4.69) is 26.9 Å². The number of β-amino-alcohol motifs (C(OH)–C–C–N with tert-alkyl or cyclic N) is 1. The summed E-state index contributed by atoms with van der Waals surface area (Å²) in [4.78, 5) is 9.08. The molecule has 4 rings (SSSR count). The van der Waals surface area contributed by atoms with Gasteiger partial charge in [0.2, 0.25) is 0 Å². The van der Waals surface area contributed by atoms with Crippen LogP contribution in [0.4, 0.5) is 5.69 Å². The predicted octanol–water partition coefficient (Wildman–Crippen LogP) is 2.87. The van der Waals surface area contributed by atoms with Gasteiger partial charge in [0.05, 0.1) is 30.0 Å². The number of imidazole rings is 1. The first-order valence-corrected chi connectivity index (χ1v) is 9.37. The summed E-state index contributed by atoms with van der Waals surface area (Å²) >= 11 is 5.96. The molecule has 6 heteroatoms. The lowest BCUT2D eigenvalue weighted by molar-refractivity contribution is 0.0959. The molecule has 1 aliphatic rings. The zero-order valence-electron chi connectivity index (χ0n) is 14.6. The maximum Gasteiger partial charge on any atom is 0.0959 e. The van der Waals surface area contributed by atoms with E-state index in [4.69, 9.17) is 11.6 Å². The van der Waals surface area contributed by atoms with Crippen LogP contribution < -0.4 is 4.90 Å². The summed E-state index contributed by atoms with van der Waals surface area (Å²) in [6.07, 6.45) is 1.40. The fourth-order valence-electron chi connectivity index (χ4n) is 3.58. The van der Waals surface area contributed by atoms with Crippen molar-refractivity contribution in [2.45, 2.75) is 12.6 Å². The van der Waals surface area contributed by atoms with E-state index in [-0.39, 0.29) is 0 Å². The maximum absolute atomic E-state index is 10.5. The van der Waals surface area contributed by atoms with Gasteiger partial charge >= 0.3 is 0 Å². The average molecular weight is 371 g/mol. The molecule has 0 amide bonds. The van der Waals surface area contributed by atoms with Gasteiger partial charge in [-0.3, -0.25) is 4.90 Å². The largest absolute Gasteiger partial charge is 0.390 e. The number of halogens is 1. The number of fused-ring (bicyclic) bond motifs is 1. The Balaban J connectivity index is 1.30. The number of rotatable bonds is 5. The molecule has 0 aliphatic carbocycles. The lowest BCUT2D eigenvalue weighted by Gasteiger charge is -2.37. The summed E-state index contributed by atoms with van der Waals surface area (Å²) in [5.74, 6) is 0. The fourth-order valence-corrected chi connectivity index (χ4v) is 3.71. The summed E-state index contributed by atoms with van der Waals surface area (Å²) in [6, 6.07) is 16.0. The quantitative estimate of drug-likeness (QED) is 0.750. The number of hydrogen-bond donors (Lipinski definition) is 1. The summed E-state index contributed by atoms with van der Waals surface area (Å²) < 4.78 is 2.03. The van der Waals surface area contributed by atoms with E-state index < -0.39 is 6.10 Å². The van der Waals surface area contributed by atoms with E-state index in [1.807, 2.05) is 47.3 Å². The van der Waals surface area contributed by atoms with Gasteiger partial charge in [-0.2, -0.15) is 0 Å². The number of piperazine rings is 1. The van der Waals surface area contributed by atoms with Crippen LogP contribution >= 0.6 is 11.6 Å². The molecule has 1 fully saturated rings. The predicted molar refractivity (Wildman–Crippen MR) is 106 cm³/mol. The van der Waals surface area contributed by atoms with Crippen molar-refractivity contribution < 1.29 is 5.11 Å². The van der Waals surface area contributed by atoms with Crippen molar-refractivity contribution in [3.05, 3.63) is 59.9 Å². The smallest absolute Gasteiger partial charge is 0.0959 e. The van der Waals surface area contributed by atoms with Crippen LogP contribution in [0.15, 0.2) is 54.9 Å². The number of anilines is 1.